The summed E-state index contributed by atoms with van der Waals surface area (Å²) in [5.74, 6) is 1.97. The van der Waals surface area contributed by atoms with Gasteiger partial charge in [0.1, 0.15) is 29.6 Å². The maximum atomic E-state index is 12.4. The lowest BCUT2D eigenvalue weighted by molar-refractivity contribution is -0.118. The molecule has 0 saturated heterocycles. The number of carbonyl (C=O) groups excluding carboxylic acids is 1. The molecule has 0 radical (unpaired) electrons. The van der Waals surface area contributed by atoms with E-state index in [4.69, 9.17) is 19.0 Å². The van der Waals surface area contributed by atoms with E-state index in [1.165, 1.54) is 7.11 Å². The summed E-state index contributed by atoms with van der Waals surface area (Å²) in [7, 11) is 1.54. The Morgan fingerprint density at radius 2 is 1.93 bits per heavy atom. The van der Waals surface area contributed by atoms with E-state index < -0.39 is 0 Å². The van der Waals surface area contributed by atoms with Gasteiger partial charge in [-0.1, -0.05) is 12.1 Å². The standard InChI is InChI=1S/C22H23NO5/c1-14-5-4-6-19(15(14)2)27-13-22(25)23-18-11-16(7-9-21(18)26-3)20-10-8-17(12-24)28-20/h4-11,24H,12-13H2,1-3H3,(H,23,25). The Morgan fingerprint density at radius 1 is 1.11 bits per heavy atom. The molecule has 0 atom stereocenters. The Bertz CT molecular complexity index is 977. The molecule has 1 aromatic heterocycles. The van der Waals surface area contributed by atoms with Crippen molar-refractivity contribution in [2.75, 3.05) is 19.0 Å². The van der Waals surface area contributed by atoms with E-state index in [2.05, 4.69) is 5.32 Å². The molecular formula is C22H23NO5. The number of hydrogen-bond acceptors (Lipinski definition) is 5. The van der Waals surface area contributed by atoms with Crippen molar-refractivity contribution in [2.45, 2.75) is 20.5 Å². The van der Waals surface area contributed by atoms with Gasteiger partial charge in [0.2, 0.25) is 0 Å². The monoisotopic (exact) mass is 381 g/mol. The van der Waals surface area contributed by atoms with Crippen LogP contribution in [0.1, 0.15) is 16.9 Å². The van der Waals surface area contributed by atoms with Crippen molar-refractivity contribution in [3.05, 3.63) is 65.4 Å². The van der Waals surface area contributed by atoms with Crippen LogP contribution in [0.25, 0.3) is 11.3 Å². The van der Waals surface area contributed by atoms with Crippen molar-refractivity contribution < 1.29 is 23.8 Å². The van der Waals surface area contributed by atoms with E-state index in [0.717, 1.165) is 16.7 Å². The Morgan fingerprint density at radius 3 is 2.64 bits per heavy atom. The molecule has 0 unspecified atom stereocenters. The van der Waals surface area contributed by atoms with E-state index in [0.29, 0.717) is 28.7 Å². The van der Waals surface area contributed by atoms with E-state index in [9.17, 15) is 4.79 Å². The molecule has 28 heavy (non-hydrogen) atoms. The number of nitrogens with one attached hydrogen (secondary N) is 1. The normalized spacial score (nSPS) is 10.6. The van der Waals surface area contributed by atoms with Crippen molar-refractivity contribution in [1.82, 2.24) is 0 Å². The van der Waals surface area contributed by atoms with Crippen LogP contribution in [-0.4, -0.2) is 24.7 Å². The van der Waals surface area contributed by atoms with Crippen LogP contribution in [-0.2, 0) is 11.4 Å². The number of carbonyl (C=O) groups is 1. The van der Waals surface area contributed by atoms with Crippen molar-refractivity contribution in [1.29, 1.82) is 0 Å². The Hall–Kier alpha value is -3.25. The smallest absolute Gasteiger partial charge is 0.262 e. The van der Waals surface area contributed by atoms with E-state index in [1.807, 2.05) is 38.1 Å². The number of amides is 1. The van der Waals surface area contributed by atoms with Gasteiger partial charge in [-0.05, 0) is 61.4 Å². The number of aliphatic hydroxyl groups excluding tert-OH is 1. The highest BCUT2D eigenvalue weighted by atomic mass is 16.5. The third-order valence-corrected chi connectivity index (χ3v) is 4.49. The van der Waals surface area contributed by atoms with E-state index in [-0.39, 0.29) is 19.1 Å². The van der Waals surface area contributed by atoms with Crippen molar-refractivity contribution in [2.24, 2.45) is 0 Å². The maximum absolute atomic E-state index is 12.4. The van der Waals surface area contributed by atoms with Crippen LogP contribution in [0, 0.1) is 13.8 Å². The summed E-state index contributed by atoms with van der Waals surface area (Å²) in [6, 6.07) is 14.5. The molecule has 6 nitrogen and oxygen atoms in total. The Balaban J connectivity index is 1.73. The van der Waals surface area contributed by atoms with Gasteiger partial charge in [0.05, 0.1) is 12.8 Å². The highest BCUT2D eigenvalue weighted by Gasteiger charge is 2.13. The summed E-state index contributed by atoms with van der Waals surface area (Å²) < 4.78 is 16.5. The van der Waals surface area contributed by atoms with Gasteiger partial charge < -0.3 is 24.3 Å². The summed E-state index contributed by atoms with van der Waals surface area (Å²) >= 11 is 0. The molecule has 3 aromatic rings. The Kier molecular flexibility index (Phi) is 6.01. The number of aliphatic hydroxyl groups is 1. The summed E-state index contributed by atoms with van der Waals surface area (Å²) in [5.41, 5.74) is 3.38. The molecule has 6 heteroatoms. The third-order valence-electron chi connectivity index (χ3n) is 4.49. The first kappa shape index (κ1) is 19.5. The number of rotatable bonds is 7. The van der Waals surface area contributed by atoms with E-state index in [1.54, 1.807) is 24.3 Å². The molecular weight excluding hydrogens is 358 g/mol. The first-order chi connectivity index (χ1) is 13.5. The maximum Gasteiger partial charge on any atom is 0.262 e. The predicted molar refractivity (Wildman–Crippen MR) is 107 cm³/mol. The molecule has 0 saturated carbocycles. The summed E-state index contributed by atoms with van der Waals surface area (Å²) in [4.78, 5) is 12.4. The van der Waals surface area contributed by atoms with Gasteiger partial charge in [0.25, 0.3) is 5.91 Å². The lowest BCUT2D eigenvalue weighted by Gasteiger charge is -2.13. The zero-order valence-electron chi connectivity index (χ0n) is 16.1. The number of aryl methyl sites for hydroxylation is 1. The topological polar surface area (TPSA) is 80.9 Å². The minimum atomic E-state index is -0.299. The fourth-order valence-corrected chi connectivity index (χ4v) is 2.79. The molecule has 0 bridgehead atoms. The molecule has 146 valence electrons. The van der Waals surface area contributed by atoms with Crippen molar-refractivity contribution in [3.63, 3.8) is 0 Å². The zero-order chi connectivity index (χ0) is 20.1. The van der Waals surface area contributed by atoms with Gasteiger partial charge >= 0.3 is 0 Å². The van der Waals surface area contributed by atoms with Crippen LogP contribution in [0.2, 0.25) is 0 Å². The molecule has 1 amide bonds. The van der Waals surface area contributed by atoms with Crippen LogP contribution < -0.4 is 14.8 Å². The fraction of sp³-hybridized carbons (Fsp3) is 0.227. The second-order valence-electron chi connectivity index (χ2n) is 6.37. The highest BCUT2D eigenvalue weighted by Crippen LogP contribution is 2.31. The van der Waals surface area contributed by atoms with Gasteiger partial charge in [-0.15, -0.1) is 0 Å². The first-order valence-electron chi connectivity index (χ1n) is 8.88. The van der Waals surface area contributed by atoms with Crippen molar-refractivity contribution >= 4 is 11.6 Å². The van der Waals surface area contributed by atoms with Crippen LogP contribution in [0.4, 0.5) is 5.69 Å². The molecule has 0 spiro atoms. The van der Waals surface area contributed by atoms with E-state index >= 15 is 0 Å². The average molecular weight is 381 g/mol. The lowest BCUT2D eigenvalue weighted by Crippen LogP contribution is -2.20. The molecule has 3 rings (SSSR count). The van der Waals surface area contributed by atoms with Crippen LogP contribution in [0.15, 0.2) is 52.9 Å². The first-order valence-corrected chi connectivity index (χ1v) is 8.88. The summed E-state index contributed by atoms with van der Waals surface area (Å²) in [5, 5.41) is 12.0. The third kappa shape index (κ3) is 4.35. The average Bonchev–Trinajstić information content (AvgIpc) is 3.18. The number of methoxy groups -OCH3 is 1. The van der Waals surface area contributed by atoms with Gasteiger partial charge in [0.15, 0.2) is 6.61 Å². The van der Waals surface area contributed by atoms with Gasteiger partial charge in [-0.25, -0.2) is 0 Å². The number of anilines is 1. The summed E-state index contributed by atoms with van der Waals surface area (Å²) in [6.07, 6.45) is 0. The second-order valence-corrected chi connectivity index (χ2v) is 6.37. The molecule has 0 aliphatic heterocycles. The molecule has 0 aliphatic carbocycles. The SMILES string of the molecule is COc1ccc(-c2ccc(CO)o2)cc1NC(=O)COc1cccc(C)c1C. The zero-order valence-corrected chi connectivity index (χ0v) is 16.1. The molecule has 0 aliphatic rings. The largest absolute Gasteiger partial charge is 0.495 e. The summed E-state index contributed by atoms with van der Waals surface area (Å²) in [6.45, 7) is 3.66. The van der Waals surface area contributed by atoms with Gasteiger partial charge in [-0.3, -0.25) is 4.79 Å². The number of hydrogen-bond donors (Lipinski definition) is 2. The molecule has 0 fully saturated rings. The van der Waals surface area contributed by atoms with Crippen LogP contribution in [0.3, 0.4) is 0 Å². The van der Waals surface area contributed by atoms with Crippen LogP contribution >= 0.6 is 0 Å². The number of ether oxygens (including phenoxy) is 2. The molecule has 2 aromatic carbocycles. The minimum absolute atomic E-state index is 0.118. The predicted octanol–water partition coefficient (Wildman–Crippen LogP) is 4.08. The fourth-order valence-electron chi connectivity index (χ4n) is 2.79. The molecule has 2 N–H and O–H groups in total. The van der Waals surface area contributed by atoms with Gasteiger partial charge in [-0.2, -0.15) is 0 Å². The number of benzene rings is 2. The minimum Gasteiger partial charge on any atom is -0.495 e. The lowest BCUT2D eigenvalue weighted by atomic mass is 10.1. The molecule has 1 heterocycles. The van der Waals surface area contributed by atoms with Crippen LogP contribution in [0.5, 0.6) is 11.5 Å². The second kappa shape index (κ2) is 8.63. The van der Waals surface area contributed by atoms with Gasteiger partial charge in [0, 0.05) is 5.56 Å². The highest BCUT2D eigenvalue weighted by molar-refractivity contribution is 5.94. The quantitative estimate of drug-likeness (QED) is 0.644. The van der Waals surface area contributed by atoms with Crippen molar-refractivity contribution in [3.8, 4) is 22.8 Å². The number of furan rings is 1. The Labute approximate surface area is 163 Å².